The van der Waals surface area contributed by atoms with Crippen LogP contribution in [0.1, 0.15) is 123 Å². The number of nitrogens with two attached hydrogens (primary N) is 3. The summed E-state index contributed by atoms with van der Waals surface area (Å²) in [5, 5.41) is 3.25. The van der Waals surface area contributed by atoms with E-state index in [1.54, 1.807) is 7.11 Å². The van der Waals surface area contributed by atoms with Crippen LogP contribution < -0.4 is 27.3 Å². The lowest BCUT2D eigenvalue weighted by molar-refractivity contribution is 0.357. The predicted octanol–water partition coefficient (Wildman–Crippen LogP) is 8.13. The van der Waals surface area contributed by atoms with E-state index in [-0.39, 0.29) is 0 Å². The Morgan fingerprint density at radius 1 is 1.04 bits per heavy atom. The number of methoxy groups -OCH3 is 1. The summed E-state index contributed by atoms with van der Waals surface area (Å²) in [5.74, 6) is 2.20. The van der Waals surface area contributed by atoms with Crippen molar-refractivity contribution in [2.75, 3.05) is 34.8 Å². The average molecular weight is 646 g/mol. The zero-order chi connectivity index (χ0) is 35.8. The number of guanidine groups is 1. The van der Waals surface area contributed by atoms with Crippen LogP contribution in [0.2, 0.25) is 0 Å². The molecule has 1 aliphatic heterocycles. The van der Waals surface area contributed by atoms with Crippen molar-refractivity contribution in [1.29, 1.82) is 0 Å². The van der Waals surface area contributed by atoms with Crippen LogP contribution in [0, 0.1) is 6.92 Å². The molecule has 7 N–H and O–H groups in total. The highest BCUT2D eigenvalue weighted by Crippen LogP contribution is 2.20. The summed E-state index contributed by atoms with van der Waals surface area (Å²) in [6.07, 6.45) is 18.9. The second-order valence-electron chi connectivity index (χ2n) is 11.0. The van der Waals surface area contributed by atoms with E-state index in [1.807, 2.05) is 33.8 Å². The van der Waals surface area contributed by atoms with Crippen LogP contribution >= 0.6 is 0 Å². The lowest BCUT2D eigenvalue weighted by atomic mass is 10.1. The molecule has 2 fully saturated rings. The Kier molecular flexibility index (Phi) is 34.9. The van der Waals surface area contributed by atoms with Gasteiger partial charge in [0, 0.05) is 11.7 Å². The van der Waals surface area contributed by atoms with Crippen molar-refractivity contribution in [2.24, 2.45) is 27.2 Å². The fourth-order valence-corrected chi connectivity index (χ4v) is 5.11. The fraction of sp³-hybridized carbons (Fsp3) is 0.684. The maximum Gasteiger partial charge on any atom is 0.217 e. The van der Waals surface area contributed by atoms with Gasteiger partial charge < -0.3 is 27.3 Å². The topological polar surface area (TPSA) is 127 Å². The van der Waals surface area contributed by atoms with E-state index < -0.39 is 0 Å². The molecule has 0 bridgehead atoms. The molecule has 1 saturated carbocycles. The molecule has 1 aromatic rings. The minimum absolute atomic E-state index is 0.367. The number of benzene rings is 1. The average Bonchev–Trinajstić information content (AvgIpc) is 3.34. The van der Waals surface area contributed by atoms with E-state index in [9.17, 15) is 0 Å². The molecular formula is C38H75N7O. The minimum atomic E-state index is 0.367. The zero-order valence-corrected chi connectivity index (χ0v) is 31.9. The van der Waals surface area contributed by atoms with Crippen molar-refractivity contribution >= 4 is 11.8 Å². The van der Waals surface area contributed by atoms with E-state index in [1.165, 1.54) is 89.6 Å². The molecule has 0 aromatic heterocycles. The summed E-state index contributed by atoms with van der Waals surface area (Å²) >= 11 is 0. The van der Waals surface area contributed by atoms with Gasteiger partial charge >= 0.3 is 0 Å². The van der Waals surface area contributed by atoms with Gasteiger partial charge in [-0.3, -0.25) is 4.90 Å². The molecule has 1 aromatic carbocycles. The van der Waals surface area contributed by atoms with Crippen LogP contribution in [0.15, 0.2) is 52.6 Å². The second-order valence-corrected chi connectivity index (χ2v) is 11.0. The number of amidine groups is 1. The van der Waals surface area contributed by atoms with E-state index in [0.717, 1.165) is 36.5 Å². The molecule has 8 heteroatoms. The first kappa shape index (κ1) is 47.7. The van der Waals surface area contributed by atoms with Crippen LogP contribution in [0.3, 0.4) is 0 Å². The number of aryl methyl sites for hydroxylation is 2. The number of hydrogen-bond donors (Lipinski definition) is 4. The molecule has 0 amide bonds. The van der Waals surface area contributed by atoms with Gasteiger partial charge in [-0.25, -0.2) is 9.98 Å². The fourth-order valence-electron chi connectivity index (χ4n) is 5.11. The summed E-state index contributed by atoms with van der Waals surface area (Å²) in [5.41, 5.74) is 18.7. The highest BCUT2D eigenvalue weighted by molar-refractivity contribution is 5.94. The monoisotopic (exact) mass is 646 g/mol. The Hall–Kier alpha value is -2.68. The third kappa shape index (κ3) is 23.6. The summed E-state index contributed by atoms with van der Waals surface area (Å²) in [6, 6.07) is 7.46. The van der Waals surface area contributed by atoms with Gasteiger partial charge in [0.05, 0.1) is 13.2 Å². The Morgan fingerprint density at radius 2 is 1.65 bits per heavy atom. The lowest BCUT2D eigenvalue weighted by Gasteiger charge is -2.13. The van der Waals surface area contributed by atoms with Crippen molar-refractivity contribution < 1.29 is 4.74 Å². The van der Waals surface area contributed by atoms with Gasteiger partial charge in [-0.15, -0.1) is 6.58 Å². The molecule has 1 unspecified atom stereocenters. The maximum atomic E-state index is 5.92. The summed E-state index contributed by atoms with van der Waals surface area (Å²) in [4.78, 5) is 11.2. The number of nitrogens with one attached hydrogen (secondary N) is 1. The number of rotatable bonds is 8. The highest BCUT2D eigenvalue weighted by atomic mass is 16.5. The Bertz CT molecular complexity index is 935. The number of ether oxygens (including phenoxy) is 1. The first-order chi connectivity index (χ1) is 22.3. The highest BCUT2D eigenvalue weighted by Gasteiger charge is 2.16. The largest absolute Gasteiger partial charge is 0.496 e. The number of aliphatic imine (C=N–C) groups is 2. The van der Waals surface area contributed by atoms with Crippen molar-refractivity contribution in [3.8, 4) is 5.75 Å². The number of hydrogen-bond acceptors (Lipinski definition) is 5. The number of nitrogens with zero attached hydrogens (tertiary/aromatic N) is 3. The quantitative estimate of drug-likeness (QED) is 0.0978. The number of unbranched alkanes of at least 4 members (excludes halogenated alkanes) is 1. The van der Waals surface area contributed by atoms with Crippen molar-refractivity contribution in [3.63, 3.8) is 0 Å². The number of likely N-dealkylation sites (N-methyl/N-ethyl adjacent to an activating group) is 1. The van der Waals surface area contributed by atoms with E-state index in [4.69, 9.17) is 10.5 Å². The van der Waals surface area contributed by atoms with Crippen LogP contribution in [0.25, 0.3) is 0 Å². The molecule has 46 heavy (non-hydrogen) atoms. The molecule has 8 nitrogen and oxygen atoms in total. The Morgan fingerprint density at radius 3 is 2.07 bits per heavy atom. The van der Waals surface area contributed by atoms with Gasteiger partial charge in [0.15, 0.2) is 0 Å². The standard InChI is InChI=1S/C15H28N4.C12H18O.C7H13N.C2H6.2CH5N/c1-4-13(5-2)17-12(3)18-15(16)19-14-10-8-6-7-9-11-14;1-4-5-6-11-7-8-12(13-3)10(2)9-11;1-3-7-5-4-6-8(7)2;3*1-2/h4,14H,5-11H2,1-3H3,(H3,16,17,18,19);7-9H,4-6H2,1-3H3;3,7H,1,4-6H2,2H3;1-2H3;2*2H2,1H3/b13-4+;;;;;. The zero-order valence-electron chi connectivity index (χ0n) is 31.9. The minimum Gasteiger partial charge on any atom is -0.496 e. The van der Waals surface area contributed by atoms with Crippen molar-refractivity contribution in [3.05, 3.63) is 53.8 Å². The normalized spacial score (nSPS) is 17.0. The van der Waals surface area contributed by atoms with Crippen LogP contribution in [-0.4, -0.2) is 63.6 Å². The Labute approximate surface area is 285 Å². The van der Waals surface area contributed by atoms with Gasteiger partial charge in [-0.1, -0.05) is 84.1 Å². The smallest absolute Gasteiger partial charge is 0.217 e. The summed E-state index contributed by atoms with van der Waals surface area (Å²) in [6.45, 7) is 19.4. The molecule has 268 valence electrons. The molecule has 1 atom stereocenters. The first-order valence-electron chi connectivity index (χ1n) is 17.7. The second kappa shape index (κ2) is 33.7. The molecule has 1 saturated heterocycles. The predicted molar refractivity (Wildman–Crippen MR) is 207 cm³/mol. The summed E-state index contributed by atoms with van der Waals surface area (Å²) in [7, 11) is 6.87. The molecule has 3 rings (SSSR count). The maximum absolute atomic E-state index is 5.92. The first-order valence-corrected chi connectivity index (χ1v) is 17.7. The third-order valence-corrected chi connectivity index (χ3v) is 7.62. The van der Waals surface area contributed by atoms with Gasteiger partial charge in [0.1, 0.15) is 11.6 Å². The molecule has 1 aliphatic carbocycles. The number of allylic oxidation sites excluding steroid dienone is 2. The lowest BCUT2D eigenvalue weighted by Crippen LogP contribution is -2.23. The summed E-state index contributed by atoms with van der Waals surface area (Å²) < 4.78 is 5.20. The molecular weight excluding hydrogens is 570 g/mol. The van der Waals surface area contributed by atoms with E-state index in [0.29, 0.717) is 18.0 Å². The molecule has 0 spiro atoms. The molecule has 2 aliphatic rings. The van der Waals surface area contributed by atoms with Crippen LogP contribution in [-0.2, 0) is 6.42 Å². The number of likely N-dealkylation sites (tertiary alicyclic amines) is 1. The van der Waals surface area contributed by atoms with Gasteiger partial charge in [0.2, 0.25) is 5.96 Å². The third-order valence-electron chi connectivity index (χ3n) is 7.62. The molecule has 0 radical (unpaired) electrons. The Balaban J connectivity index is -0.000000592. The van der Waals surface area contributed by atoms with Crippen LogP contribution in [0.4, 0.5) is 0 Å². The van der Waals surface area contributed by atoms with Crippen molar-refractivity contribution in [1.82, 2.24) is 10.2 Å². The molecule has 1 heterocycles. The van der Waals surface area contributed by atoms with Crippen LogP contribution in [0.5, 0.6) is 5.75 Å². The van der Waals surface area contributed by atoms with E-state index in [2.05, 4.69) is 90.3 Å². The van der Waals surface area contributed by atoms with Gasteiger partial charge in [0.25, 0.3) is 0 Å². The van der Waals surface area contributed by atoms with Gasteiger partial charge in [-0.2, -0.15) is 0 Å². The SMILES string of the molecule is C/C=C(\CC)N/C(C)=N\C(N)=NC1CCCCCC1.C=CC1CCCN1C.CC.CCCCc1ccc(OC)c(C)c1.CN.CN. The van der Waals surface area contributed by atoms with Crippen molar-refractivity contribution in [2.45, 2.75) is 138 Å². The van der Waals surface area contributed by atoms with Gasteiger partial charge in [-0.05, 0) is 111 Å². The van der Waals surface area contributed by atoms with E-state index >= 15 is 0 Å².